The maximum absolute atomic E-state index is 13.1. The van der Waals surface area contributed by atoms with Crippen molar-refractivity contribution in [2.45, 2.75) is 30.8 Å². The Morgan fingerprint density at radius 2 is 1.77 bits per heavy atom. The van der Waals surface area contributed by atoms with Crippen LogP contribution in [0.15, 0.2) is 90.3 Å². The number of fused-ring (bicyclic) bond motifs is 1. The van der Waals surface area contributed by atoms with Crippen LogP contribution in [0.3, 0.4) is 0 Å². The topological polar surface area (TPSA) is 111 Å². The van der Waals surface area contributed by atoms with Crippen molar-refractivity contribution >= 4 is 44.5 Å². The number of imidazole rings is 2. The zero-order chi connectivity index (χ0) is 28.1. The van der Waals surface area contributed by atoms with Crippen molar-refractivity contribution in [2.75, 3.05) is 11.9 Å². The SMILES string of the molecule is O=C(Nc1nc2cc(S(=O)(=O)NCCc3ccc(F)cc3)ccc2n1CCCn1ccnc1)c1ccc(Cl)cc1. The molecule has 0 saturated carbocycles. The zero-order valence-corrected chi connectivity index (χ0v) is 22.9. The highest BCUT2D eigenvalue weighted by molar-refractivity contribution is 7.89. The Labute approximate surface area is 235 Å². The fourth-order valence-electron chi connectivity index (χ4n) is 4.27. The third-order valence-corrected chi connectivity index (χ3v) is 8.05. The normalized spacial score (nSPS) is 11.7. The van der Waals surface area contributed by atoms with E-state index in [2.05, 4.69) is 20.0 Å². The van der Waals surface area contributed by atoms with Crippen LogP contribution in [0.5, 0.6) is 0 Å². The van der Waals surface area contributed by atoms with E-state index in [1.54, 1.807) is 55.0 Å². The van der Waals surface area contributed by atoms with Gasteiger partial charge in [-0.1, -0.05) is 23.7 Å². The van der Waals surface area contributed by atoms with Crippen molar-refractivity contribution in [1.29, 1.82) is 0 Å². The molecule has 3 aromatic carbocycles. The van der Waals surface area contributed by atoms with Crippen molar-refractivity contribution in [2.24, 2.45) is 0 Å². The maximum Gasteiger partial charge on any atom is 0.257 e. The van der Waals surface area contributed by atoms with E-state index in [4.69, 9.17) is 11.6 Å². The van der Waals surface area contributed by atoms with Crippen LogP contribution in [-0.2, 0) is 29.5 Å². The van der Waals surface area contributed by atoms with Crippen LogP contribution in [0.25, 0.3) is 11.0 Å². The number of carbonyl (C=O) groups excluding carboxylic acids is 1. The van der Waals surface area contributed by atoms with E-state index in [9.17, 15) is 17.6 Å². The Balaban J connectivity index is 1.37. The number of hydrogen-bond acceptors (Lipinski definition) is 5. The average molecular weight is 581 g/mol. The van der Waals surface area contributed by atoms with Gasteiger partial charge in [-0.15, -0.1) is 0 Å². The molecule has 12 heteroatoms. The number of rotatable bonds is 11. The van der Waals surface area contributed by atoms with Gasteiger partial charge < -0.3 is 9.13 Å². The Morgan fingerprint density at radius 1 is 1.00 bits per heavy atom. The number of anilines is 1. The summed E-state index contributed by atoms with van der Waals surface area (Å²) < 4.78 is 45.6. The Hall–Kier alpha value is -4.06. The molecule has 0 bridgehead atoms. The van der Waals surface area contributed by atoms with Crippen LogP contribution < -0.4 is 10.0 Å². The quantitative estimate of drug-likeness (QED) is 0.231. The van der Waals surface area contributed by atoms with Gasteiger partial charge in [0.1, 0.15) is 5.82 Å². The molecule has 0 radical (unpaired) electrons. The summed E-state index contributed by atoms with van der Waals surface area (Å²) in [6, 6.07) is 17.1. The summed E-state index contributed by atoms with van der Waals surface area (Å²) in [5, 5.41) is 3.37. The number of sulfonamides is 1. The summed E-state index contributed by atoms with van der Waals surface area (Å²) in [7, 11) is -3.83. The van der Waals surface area contributed by atoms with Crippen LogP contribution in [0.4, 0.5) is 10.3 Å². The number of aryl methyl sites for hydroxylation is 2. The minimum Gasteiger partial charge on any atom is -0.337 e. The minimum absolute atomic E-state index is 0.0535. The van der Waals surface area contributed by atoms with E-state index in [1.807, 2.05) is 15.3 Å². The number of benzene rings is 3. The molecule has 0 atom stereocenters. The predicted molar refractivity (Wildman–Crippen MR) is 151 cm³/mol. The van der Waals surface area contributed by atoms with Crippen LogP contribution in [0.1, 0.15) is 22.3 Å². The largest absolute Gasteiger partial charge is 0.337 e. The zero-order valence-electron chi connectivity index (χ0n) is 21.3. The molecule has 1 amide bonds. The molecule has 2 heterocycles. The van der Waals surface area contributed by atoms with Gasteiger partial charge in [-0.25, -0.2) is 27.5 Å². The molecule has 2 aromatic heterocycles. The van der Waals surface area contributed by atoms with E-state index < -0.39 is 10.0 Å². The van der Waals surface area contributed by atoms with Gasteiger partial charge in [0, 0.05) is 42.6 Å². The highest BCUT2D eigenvalue weighted by Gasteiger charge is 2.19. The summed E-state index contributed by atoms with van der Waals surface area (Å²) >= 11 is 5.95. The van der Waals surface area contributed by atoms with Crippen molar-refractivity contribution in [3.8, 4) is 0 Å². The van der Waals surface area contributed by atoms with E-state index in [-0.39, 0.29) is 23.2 Å². The fourth-order valence-corrected chi connectivity index (χ4v) is 5.45. The Bertz CT molecular complexity index is 1720. The molecule has 5 aromatic rings. The van der Waals surface area contributed by atoms with Crippen LogP contribution in [0, 0.1) is 5.82 Å². The Kier molecular flexibility index (Phi) is 8.24. The summed E-state index contributed by atoms with van der Waals surface area (Å²) in [6.07, 6.45) is 6.44. The molecule has 9 nitrogen and oxygen atoms in total. The third-order valence-electron chi connectivity index (χ3n) is 6.34. The smallest absolute Gasteiger partial charge is 0.257 e. The van der Waals surface area contributed by atoms with Crippen molar-refractivity contribution < 1.29 is 17.6 Å². The van der Waals surface area contributed by atoms with E-state index in [1.165, 1.54) is 24.3 Å². The summed E-state index contributed by atoms with van der Waals surface area (Å²) in [4.78, 5) is 21.6. The van der Waals surface area contributed by atoms with Crippen molar-refractivity contribution in [3.63, 3.8) is 0 Å². The lowest BCUT2D eigenvalue weighted by Crippen LogP contribution is -2.26. The fraction of sp³-hybridized carbons (Fsp3) is 0.179. The number of amides is 1. The molecule has 0 spiro atoms. The van der Waals surface area contributed by atoms with E-state index in [0.29, 0.717) is 47.1 Å². The summed E-state index contributed by atoms with van der Waals surface area (Å²) in [6.45, 7) is 1.37. The Morgan fingerprint density at radius 3 is 2.50 bits per heavy atom. The second-order valence-corrected chi connectivity index (χ2v) is 11.3. The first-order valence-corrected chi connectivity index (χ1v) is 14.4. The number of aromatic nitrogens is 4. The summed E-state index contributed by atoms with van der Waals surface area (Å²) in [5.41, 5.74) is 2.34. The highest BCUT2D eigenvalue weighted by atomic mass is 35.5. The standard InChI is InChI=1S/C28H26ClFN6O3S/c29-22-6-4-21(5-7-22)27(37)34-28-33-25-18-24(40(38,39)32-13-12-20-2-8-23(30)9-3-20)10-11-26(25)36(28)16-1-15-35-17-14-31-19-35/h2-11,14,17-19,32H,1,12-13,15-16H2,(H,33,34,37). The number of carbonyl (C=O) groups is 1. The first-order valence-electron chi connectivity index (χ1n) is 12.6. The van der Waals surface area contributed by atoms with Gasteiger partial charge in [0.15, 0.2) is 0 Å². The number of nitrogens with zero attached hydrogens (tertiary/aromatic N) is 4. The lowest BCUT2D eigenvalue weighted by atomic mass is 10.1. The van der Waals surface area contributed by atoms with Gasteiger partial charge in [0.05, 0.1) is 22.3 Å². The lowest BCUT2D eigenvalue weighted by Gasteiger charge is -2.11. The van der Waals surface area contributed by atoms with Crippen molar-refractivity contribution in [1.82, 2.24) is 23.8 Å². The molecular formula is C28H26ClFN6O3S. The molecule has 206 valence electrons. The molecule has 0 aliphatic carbocycles. The van der Waals surface area contributed by atoms with E-state index >= 15 is 0 Å². The van der Waals surface area contributed by atoms with Gasteiger partial charge in [-0.05, 0) is 73.0 Å². The molecule has 0 aliphatic rings. The molecular weight excluding hydrogens is 555 g/mol. The van der Waals surface area contributed by atoms with Gasteiger partial charge in [-0.3, -0.25) is 10.1 Å². The van der Waals surface area contributed by atoms with Gasteiger partial charge in [-0.2, -0.15) is 0 Å². The van der Waals surface area contributed by atoms with Crippen LogP contribution >= 0.6 is 11.6 Å². The average Bonchev–Trinajstić information content (AvgIpc) is 3.58. The number of halogens is 2. The first kappa shape index (κ1) is 27.5. The number of nitrogens with one attached hydrogen (secondary N) is 2. The third kappa shape index (κ3) is 6.56. The predicted octanol–water partition coefficient (Wildman–Crippen LogP) is 4.89. The maximum atomic E-state index is 13.1. The van der Waals surface area contributed by atoms with E-state index in [0.717, 1.165) is 12.0 Å². The summed E-state index contributed by atoms with van der Waals surface area (Å²) in [5.74, 6) is -0.403. The van der Waals surface area contributed by atoms with Crippen LogP contribution in [0.2, 0.25) is 5.02 Å². The van der Waals surface area contributed by atoms with Crippen LogP contribution in [-0.4, -0.2) is 40.0 Å². The monoisotopic (exact) mass is 580 g/mol. The molecule has 0 unspecified atom stereocenters. The lowest BCUT2D eigenvalue weighted by molar-refractivity contribution is 0.102. The van der Waals surface area contributed by atoms with Gasteiger partial charge >= 0.3 is 0 Å². The molecule has 0 saturated heterocycles. The second-order valence-electron chi connectivity index (χ2n) is 9.13. The molecule has 40 heavy (non-hydrogen) atoms. The molecule has 0 fully saturated rings. The molecule has 0 aliphatic heterocycles. The van der Waals surface area contributed by atoms with Gasteiger partial charge in [0.25, 0.3) is 5.91 Å². The first-order chi connectivity index (χ1) is 19.3. The number of hydrogen-bond donors (Lipinski definition) is 2. The highest BCUT2D eigenvalue weighted by Crippen LogP contribution is 2.24. The van der Waals surface area contributed by atoms with Crippen molar-refractivity contribution in [3.05, 3.63) is 107 Å². The molecule has 5 rings (SSSR count). The minimum atomic E-state index is -3.83. The van der Waals surface area contributed by atoms with Gasteiger partial charge in [0.2, 0.25) is 16.0 Å². The molecule has 2 N–H and O–H groups in total. The second kappa shape index (κ2) is 12.0.